The average molecular weight is 467 g/mol. The molecule has 1 N–H and O–H groups in total. The highest BCUT2D eigenvalue weighted by Crippen LogP contribution is 2.34. The van der Waals surface area contributed by atoms with Gasteiger partial charge in [-0.1, -0.05) is 30.3 Å². The summed E-state index contributed by atoms with van der Waals surface area (Å²) in [7, 11) is -2.26. The molecule has 0 aliphatic carbocycles. The Morgan fingerprint density at radius 2 is 1.67 bits per heavy atom. The number of ether oxygens (including phenoxy) is 2. The molecule has 1 heterocycles. The summed E-state index contributed by atoms with van der Waals surface area (Å²) in [5.41, 5.74) is 1.89. The van der Waals surface area contributed by atoms with Gasteiger partial charge in [0.2, 0.25) is 10.0 Å². The first-order chi connectivity index (χ1) is 15.9. The summed E-state index contributed by atoms with van der Waals surface area (Å²) >= 11 is 0. The number of amides is 1. The van der Waals surface area contributed by atoms with Gasteiger partial charge in [0.15, 0.2) is 11.5 Å². The van der Waals surface area contributed by atoms with Crippen LogP contribution in [0.5, 0.6) is 11.5 Å². The van der Waals surface area contributed by atoms with Crippen molar-refractivity contribution in [3.05, 3.63) is 83.9 Å². The number of sulfonamides is 1. The fraction of sp³-hybridized carbons (Fsp3) is 0.240. The van der Waals surface area contributed by atoms with E-state index in [1.54, 1.807) is 55.5 Å². The third-order valence-electron chi connectivity index (χ3n) is 5.60. The summed E-state index contributed by atoms with van der Waals surface area (Å²) in [5.74, 6) is 0.748. The van der Waals surface area contributed by atoms with E-state index in [1.807, 2.05) is 12.1 Å². The Morgan fingerprint density at radius 1 is 0.939 bits per heavy atom. The summed E-state index contributed by atoms with van der Waals surface area (Å²) in [4.78, 5) is 12.6. The lowest BCUT2D eigenvalue weighted by atomic mass is 10.1. The molecule has 1 atom stereocenters. The largest absolute Gasteiger partial charge is 0.490 e. The van der Waals surface area contributed by atoms with Crippen LogP contribution in [0.3, 0.4) is 0 Å². The summed E-state index contributed by atoms with van der Waals surface area (Å²) in [6, 6.07) is 20.3. The smallest absolute Gasteiger partial charge is 0.255 e. The Hall–Kier alpha value is -3.36. The Labute approximate surface area is 194 Å². The molecule has 3 aromatic carbocycles. The Balaban J connectivity index is 1.54. The summed E-state index contributed by atoms with van der Waals surface area (Å²) in [6.45, 7) is 2.82. The fourth-order valence-electron chi connectivity index (χ4n) is 3.56. The van der Waals surface area contributed by atoms with E-state index in [0.29, 0.717) is 36.0 Å². The van der Waals surface area contributed by atoms with Crippen molar-refractivity contribution in [3.63, 3.8) is 0 Å². The molecule has 1 aliphatic rings. The summed E-state index contributed by atoms with van der Waals surface area (Å²) in [5, 5.41) is 2.87. The molecule has 0 spiro atoms. The number of anilines is 1. The van der Waals surface area contributed by atoms with Gasteiger partial charge < -0.3 is 14.8 Å². The maximum Gasteiger partial charge on any atom is 0.255 e. The minimum absolute atomic E-state index is 0.134. The average Bonchev–Trinajstić information content (AvgIpc) is 3.08. The van der Waals surface area contributed by atoms with Crippen molar-refractivity contribution in [2.24, 2.45) is 0 Å². The molecule has 0 unspecified atom stereocenters. The number of benzene rings is 3. The molecule has 0 saturated heterocycles. The van der Waals surface area contributed by atoms with Crippen LogP contribution in [0.15, 0.2) is 77.7 Å². The van der Waals surface area contributed by atoms with Crippen molar-refractivity contribution in [3.8, 4) is 11.5 Å². The second-order valence-electron chi connectivity index (χ2n) is 7.80. The quantitative estimate of drug-likeness (QED) is 0.579. The van der Waals surface area contributed by atoms with E-state index in [2.05, 4.69) is 5.32 Å². The van der Waals surface area contributed by atoms with Crippen LogP contribution in [0.2, 0.25) is 0 Å². The van der Waals surface area contributed by atoms with Gasteiger partial charge in [0, 0.05) is 36.8 Å². The zero-order valence-corrected chi connectivity index (χ0v) is 19.3. The standard InChI is InChI=1S/C25H26N2O5S/c1-18(20-10-6-11-21(16-20)26-25(28)19-8-4-3-5-9-19)27(2)33(29,30)22-12-13-23-24(17-22)32-15-7-14-31-23/h3-6,8-13,16-18H,7,14-15H2,1-2H3,(H,26,28)/t18-/m1/s1. The molecular formula is C25H26N2O5S. The fourth-order valence-corrected chi connectivity index (χ4v) is 4.92. The molecule has 4 rings (SSSR count). The molecule has 7 nitrogen and oxygen atoms in total. The monoisotopic (exact) mass is 466 g/mol. The van der Waals surface area contributed by atoms with E-state index in [0.717, 1.165) is 12.0 Å². The molecule has 8 heteroatoms. The van der Waals surface area contributed by atoms with Gasteiger partial charge in [0.1, 0.15) is 0 Å². The molecule has 0 saturated carbocycles. The van der Waals surface area contributed by atoms with Gasteiger partial charge >= 0.3 is 0 Å². The molecule has 33 heavy (non-hydrogen) atoms. The maximum absolute atomic E-state index is 13.3. The Bertz CT molecular complexity index is 1240. The van der Waals surface area contributed by atoms with Crippen LogP contribution in [0, 0.1) is 0 Å². The number of carbonyl (C=O) groups excluding carboxylic acids is 1. The van der Waals surface area contributed by atoms with Crippen LogP contribution in [0.4, 0.5) is 5.69 Å². The lowest BCUT2D eigenvalue weighted by Gasteiger charge is -2.25. The van der Waals surface area contributed by atoms with Gasteiger partial charge in [0.05, 0.1) is 18.1 Å². The molecular weight excluding hydrogens is 440 g/mol. The van der Waals surface area contributed by atoms with Crippen molar-refractivity contribution < 1.29 is 22.7 Å². The van der Waals surface area contributed by atoms with Gasteiger partial charge in [-0.3, -0.25) is 4.79 Å². The molecule has 172 valence electrons. The third-order valence-corrected chi connectivity index (χ3v) is 7.53. The topological polar surface area (TPSA) is 84.9 Å². The predicted octanol–water partition coefficient (Wildman–Crippen LogP) is 4.48. The minimum atomic E-state index is -3.80. The van der Waals surface area contributed by atoms with Crippen molar-refractivity contribution in [1.82, 2.24) is 4.31 Å². The van der Waals surface area contributed by atoms with Crippen LogP contribution in [0.1, 0.15) is 35.3 Å². The van der Waals surface area contributed by atoms with Crippen molar-refractivity contribution in [2.75, 3.05) is 25.6 Å². The lowest BCUT2D eigenvalue weighted by Crippen LogP contribution is -2.30. The Morgan fingerprint density at radius 3 is 2.42 bits per heavy atom. The van der Waals surface area contributed by atoms with Gasteiger partial charge in [-0.25, -0.2) is 8.42 Å². The highest BCUT2D eigenvalue weighted by molar-refractivity contribution is 7.89. The van der Waals surface area contributed by atoms with Crippen LogP contribution < -0.4 is 14.8 Å². The number of carbonyl (C=O) groups is 1. The van der Waals surface area contributed by atoms with Gasteiger partial charge in [0.25, 0.3) is 5.91 Å². The normalized spacial score (nSPS) is 14.4. The maximum atomic E-state index is 13.3. The zero-order chi connectivity index (χ0) is 23.4. The molecule has 0 aromatic heterocycles. The number of fused-ring (bicyclic) bond motifs is 1. The zero-order valence-electron chi connectivity index (χ0n) is 18.5. The van der Waals surface area contributed by atoms with Crippen molar-refractivity contribution in [2.45, 2.75) is 24.3 Å². The molecule has 3 aromatic rings. The highest BCUT2D eigenvalue weighted by atomic mass is 32.2. The number of nitrogens with zero attached hydrogens (tertiary/aromatic N) is 1. The third kappa shape index (κ3) is 5.02. The van der Waals surface area contributed by atoms with Crippen LogP contribution in [-0.4, -0.2) is 38.9 Å². The summed E-state index contributed by atoms with van der Waals surface area (Å²) in [6.07, 6.45) is 0.741. The number of rotatable bonds is 6. The number of nitrogens with one attached hydrogen (secondary N) is 1. The van der Waals surface area contributed by atoms with E-state index in [4.69, 9.17) is 9.47 Å². The van der Waals surface area contributed by atoms with E-state index >= 15 is 0 Å². The van der Waals surface area contributed by atoms with Crippen molar-refractivity contribution in [1.29, 1.82) is 0 Å². The first kappa shape index (κ1) is 22.8. The molecule has 1 amide bonds. The van der Waals surface area contributed by atoms with Gasteiger partial charge in [-0.15, -0.1) is 0 Å². The van der Waals surface area contributed by atoms with E-state index in [9.17, 15) is 13.2 Å². The van der Waals surface area contributed by atoms with Gasteiger partial charge in [-0.2, -0.15) is 4.31 Å². The molecule has 0 fully saturated rings. The van der Waals surface area contributed by atoms with Crippen LogP contribution in [0.25, 0.3) is 0 Å². The first-order valence-corrected chi connectivity index (χ1v) is 12.1. The predicted molar refractivity (Wildman–Crippen MR) is 126 cm³/mol. The molecule has 0 bridgehead atoms. The summed E-state index contributed by atoms with van der Waals surface area (Å²) < 4.78 is 39.2. The minimum Gasteiger partial charge on any atom is -0.490 e. The van der Waals surface area contributed by atoms with E-state index < -0.39 is 16.1 Å². The van der Waals surface area contributed by atoms with Crippen LogP contribution in [-0.2, 0) is 10.0 Å². The van der Waals surface area contributed by atoms with Gasteiger partial charge in [-0.05, 0) is 48.9 Å². The number of hydrogen-bond donors (Lipinski definition) is 1. The second-order valence-corrected chi connectivity index (χ2v) is 9.80. The molecule has 1 aliphatic heterocycles. The van der Waals surface area contributed by atoms with Crippen LogP contribution >= 0.6 is 0 Å². The van der Waals surface area contributed by atoms with Crippen molar-refractivity contribution >= 4 is 21.6 Å². The number of hydrogen-bond acceptors (Lipinski definition) is 5. The Kier molecular flexibility index (Phi) is 6.67. The first-order valence-electron chi connectivity index (χ1n) is 10.7. The SMILES string of the molecule is C[C@H](c1cccc(NC(=O)c2ccccc2)c1)N(C)S(=O)(=O)c1ccc2c(c1)OCCCO2. The molecule has 0 radical (unpaired) electrons. The second kappa shape index (κ2) is 9.64. The van der Waals surface area contributed by atoms with E-state index in [1.165, 1.54) is 23.5 Å². The van der Waals surface area contributed by atoms with E-state index in [-0.39, 0.29) is 10.8 Å². The lowest BCUT2D eigenvalue weighted by molar-refractivity contribution is 0.102. The highest BCUT2D eigenvalue weighted by Gasteiger charge is 2.28.